The van der Waals surface area contributed by atoms with Gasteiger partial charge in [-0.1, -0.05) is 26.0 Å². The molecule has 0 saturated carbocycles. The van der Waals surface area contributed by atoms with E-state index in [0.717, 1.165) is 16.2 Å². The van der Waals surface area contributed by atoms with Crippen LogP contribution in [-0.4, -0.2) is 17.9 Å². The van der Waals surface area contributed by atoms with Crippen LogP contribution in [0, 0.1) is 16.7 Å². The van der Waals surface area contributed by atoms with Gasteiger partial charge in [-0.3, -0.25) is 4.79 Å². The van der Waals surface area contributed by atoms with Crippen LogP contribution in [0.2, 0.25) is 0 Å². The zero-order valence-electron chi connectivity index (χ0n) is 18.3. The van der Waals surface area contributed by atoms with Gasteiger partial charge in [-0.05, 0) is 40.8 Å². The Balaban J connectivity index is 1.82. The van der Waals surface area contributed by atoms with E-state index in [2.05, 4.69) is 11.1 Å². The standard InChI is InChI=1S/C25H25N3O3S/c1-25(2)11-19(29)23-20(12-25)31-24(27)18(13-26)22(23)17-8-7-16(30-3)10-15(17)14-32-21-6-4-5-9-28-21/h4-10,22H,11-12,14,27H2,1-3H3. The van der Waals surface area contributed by atoms with E-state index in [9.17, 15) is 10.1 Å². The molecule has 164 valence electrons. The molecule has 4 rings (SSSR count). The maximum absolute atomic E-state index is 13.3. The molecule has 2 N–H and O–H groups in total. The fraction of sp³-hybridized carbons (Fsp3) is 0.320. The van der Waals surface area contributed by atoms with Gasteiger partial charge in [0.15, 0.2) is 5.78 Å². The summed E-state index contributed by atoms with van der Waals surface area (Å²) in [6.45, 7) is 4.07. The number of nitrogens with zero attached hydrogens (tertiary/aromatic N) is 2. The Morgan fingerprint density at radius 1 is 1.31 bits per heavy atom. The second-order valence-electron chi connectivity index (χ2n) is 8.72. The molecule has 0 bridgehead atoms. The second-order valence-corrected chi connectivity index (χ2v) is 9.72. The van der Waals surface area contributed by atoms with Crippen molar-refractivity contribution in [2.75, 3.05) is 7.11 Å². The van der Waals surface area contributed by atoms with Crippen LogP contribution < -0.4 is 10.5 Å². The van der Waals surface area contributed by atoms with E-state index in [-0.39, 0.29) is 22.7 Å². The van der Waals surface area contributed by atoms with Crippen LogP contribution in [0.5, 0.6) is 5.75 Å². The molecule has 1 aliphatic heterocycles. The number of hydrogen-bond acceptors (Lipinski definition) is 7. The topological polar surface area (TPSA) is 98.2 Å². The van der Waals surface area contributed by atoms with E-state index in [1.54, 1.807) is 25.1 Å². The second kappa shape index (κ2) is 8.71. The van der Waals surface area contributed by atoms with Crippen molar-refractivity contribution in [3.05, 3.63) is 76.5 Å². The first-order valence-electron chi connectivity index (χ1n) is 10.4. The van der Waals surface area contributed by atoms with Gasteiger partial charge in [0.1, 0.15) is 23.2 Å². The van der Waals surface area contributed by atoms with Gasteiger partial charge < -0.3 is 15.2 Å². The molecule has 2 heterocycles. The zero-order chi connectivity index (χ0) is 22.9. The molecule has 0 radical (unpaired) electrons. The van der Waals surface area contributed by atoms with Crippen molar-refractivity contribution in [2.24, 2.45) is 11.1 Å². The third kappa shape index (κ3) is 4.23. The number of aromatic nitrogens is 1. The van der Waals surface area contributed by atoms with Gasteiger partial charge in [0, 0.05) is 30.4 Å². The molecule has 7 heteroatoms. The van der Waals surface area contributed by atoms with Gasteiger partial charge in [-0.25, -0.2) is 4.98 Å². The molecule has 1 aromatic heterocycles. The monoisotopic (exact) mass is 447 g/mol. The highest BCUT2D eigenvalue weighted by Gasteiger charge is 2.43. The van der Waals surface area contributed by atoms with Crippen LogP contribution in [0.1, 0.15) is 43.7 Å². The third-order valence-electron chi connectivity index (χ3n) is 5.75. The van der Waals surface area contributed by atoms with E-state index in [4.69, 9.17) is 15.2 Å². The molecule has 6 nitrogen and oxygen atoms in total. The predicted molar refractivity (Wildman–Crippen MR) is 122 cm³/mol. The summed E-state index contributed by atoms with van der Waals surface area (Å²) in [6.07, 6.45) is 2.75. The maximum Gasteiger partial charge on any atom is 0.205 e. The molecular weight excluding hydrogens is 422 g/mol. The smallest absolute Gasteiger partial charge is 0.205 e. The van der Waals surface area contributed by atoms with Gasteiger partial charge in [0.2, 0.25) is 5.88 Å². The molecule has 0 spiro atoms. The molecule has 0 saturated heterocycles. The van der Waals surface area contributed by atoms with Crippen molar-refractivity contribution in [3.63, 3.8) is 0 Å². The average Bonchev–Trinajstić information content (AvgIpc) is 2.76. The van der Waals surface area contributed by atoms with Crippen LogP contribution >= 0.6 is 11.8 Å². The van der Waals surface area contributed by atoms with Crippen LogP contribution in [0.3, 0.4) is 0 Å². The van der Waals surface area contributed by atoms with Crippen LogP contribution in [0.4, 0.5) is 0 Å². The average molecular weight is 448 g/mol. The number of nitriles is 1. The number of benzene rings is 1. The van der Waals surface area contributed by atoms with Crippen LogP contribution in [0.25, 0.3) is 0 Å². The molecule has 1 atom stereocenters. The van der Waals surface area contributed by atoms with Crippen LogP contribution in [-0.2, 0) is 15.3 Å². The fourth-order valence-electron chi connectivity index (χ4n) is 4.30. The Morgan fingerprint density at radius 3 is 2.81 bits per heavy atom. The summed E-state index contributed by atoms with van der Waals surface area (Å²) in [5.41, 5.74) is 8.59. The third-order valence-corrected chi connectivity index (χ3v) is 6.74. The zero-order valence-corrected chi connectivity index (χ0v) is 19.2. The fourth-order valence-corrected chi connectivity index (χ4v) is 5.16. The summed E-state index contributed by atoms with van der Waals surface area (Å²) in [7, 11) is 1.62. The number of rotatable bonds is 5. The number of nitrogens with two attached hydrogens (primary N) is 1. The van der Waals surface area contributed by atoms with Crippen molar-refractivity contribution in [1.29, 1.82) is 5.26 Å². The predicted octanol–water partition coefficient (Wildman–Crippen LogP) is 4.83. The lowest BCUT2D eigenvalue weighted by atomic mass is 9.70. The highest BCUT2D eigenvalue weighted by Crippen LogP contribution is 2.49. The number of Topliss-reactive ketones (excluding diaryl/α,β-unsaturated/α-hetero) is 1. The minimum atomic E-state index is -0.558. The minimum Gasteiger partial charge on any atom is -0.497 e. The number of thioether (sulfide) groups is 1. The summed E-state index contributed by atoms with van der Waals surface area (Å²) < 4.78 is 11.3. The van der Waals surface area contributed by atoms with Crippen molar-refractivity contribution in [3.8, 4) is 11.8 Å². The number of ether oxygens (including phenoxy) is 2. The minimum absolute atomic E-state index is 0.000599. The lowest BCUT2D eigenvalue weighted by molar-refractivity contribution is -0.119. The normalized spacial score (nSPS) is 19.8. The Bertz CT molecular complexity index is 1160. The van der Waals surface area contributed by atoms with Crippen molar-refractivity contribution in [1.82, 2.24) is 4.98 Å². The Labute approximate surface area is 192 Å². The van der Waals surface area contributed by atoms with E-state index < -0.39 is 5.92 Å². The first-order valence-corrected chi connectivity index (χ1v) is 11.4. The molecular formula is C25H25N3O3S. The Hall–Kier alpha value is -3.24. The summed E-state index contributed by atoms with van der Waals surface area (Å²) in [5.74, 6) is 1.39. The first-order chi connectivity index (χ1) is 15.3. The SMILES string of the molecule is COc1ccc(C2C(C#N)=C(N)OC3=C2C(=O)CC(C)(C)C3)c(CSc2ccccn2)c1. The quantitative estimate of drug-likeness (QED) is 0.655. The van der Waals surface area contributed by atoms with Crippen molar-refractivity contribution in [2.45, 2.75) is 43.4 Å². The summed E-state index contributed by atoms with van der Waals surface area (Å²) in [4.78, 5) is 17.6. The number of carbonyl (C=O) groups is 1. The number of hydrogen-bond donors (Lipinski definition) is 1. The summed E-state index contributed by atoms with van der Waals surface area (Å²) in [5, 5.41) is 10.8. The Kier molecular flexibility index (Phi) is 5.98. The first kappa shape index (κ1) is 22.0. The highest BCUT2D eigenvalue weighted by atomic mass is 32.2. The van der Waals surface area contributed by atoms with Crippen LogP contribution in [0.15, 0.2) is 70.4 Å². The van der Waals surface area contributed by atoms with Gasteiger partial charge >= 0.3 is 0 Å². The molecule has 0 amide bonds. The lowest BCUT2D eigenvalue weighted by Crippen LogP contribution is -2.33. The molecule has 0 fully saturated rings. The molecule has 2 aliphatic rings. The molecule has 2 aromatic rings. The van der Waals surface area contributed by atoms with E-state index in [0.29, 0.717) is 35.7 Å². The van der Waals surface area contributed by atoms with Gasteiger partial charge in [0.05, 0.1) is 18.1 Å². The highest BCUT2D eigenvalue weighted by molar-refractivity contribution is 7.98. The van der Waals surface area contributed by atoms with E-state index in [1.165, 1.54) is 0 Å². The van der Waals surface area contributed by atoms with E-state index >= 15 is 0 Å². The lowest BCUT2D eigenvalue weighted by Gasteiger charge is -2.37. The number of pyridine rings is 1. The van der Waals surface area contributed by atoms with E-state index in [1.807, 2.05) is 50.2 Å². The number of carbonyl (C=O) groups excluding carboxylic acids is 1. The summed E-state index contributed by atoms with van der Waals surface area (Å²) in [6, 6.07) is 13.7. The van der Waals surface area contributed by atoms with Crippen molar-refractivity contribution < 1.29 is 14.3 Å². The van der Waals surface area contributed by atoms with Crippen molar-refractivity contribution >= 4 is 17.5 Å². The molecule has 1 aliphatic carbocycles. The van der Waals surface area contributed by atoms with Gasteiger partial charge in [-0.15, -0.1) is 11.8 Å². The Morgan fingerprint density at radius 2 is 2.12 bits per heavy atom. The number of allylic oxidation sites excluding steroid dienone is 3. The molecule has 32 heavy (non-hydrogen) atoms. The molecule has 1 aromatic carbocycles. The number of methoxy groups -OCH3 is 1. The largest absolute Gasteiger partial charge is 0.497 e. The maximum atomic E-state index is 13.3. The summed E-state index contributed by atoms with van der Waals surface area (Å²) >= 11 is 1.58. The van der Waals surface area contributed by atoms with Gasteiger partial charge in [-0.2, -0.15) is 5.26 Å². The van der Waals surface area contributed by atoms with Gasteiger partial charge in [0.25, 0.3) is 0 Å². The molecule has 1 unspecified atom stereocenters. The number of ketones is 1.